The normalized spacial score (nSPS) is 11.6. The van der Waals surface area contributed by atoms with Crippen LogP contribution in [-0.2, 0) is 0 Å². The Morgan fingerprint density at radius 2 is 0.964 bits per heavy atom. The van der Waals surface area contributed by atoms with Crippen LogP contribution >= 0.6 is 0 Å². The Morgan fingerprint density at radius 1 is 0.364 bits per heavy atom. The summed E-state index contributed by atoms with van der Waals surface area (Å²) in [5.41, 5.74) is 11.2. The first-order valence-corrected chi connectivity index (χ1v) is 18.5. The van der Waals surface area contributed by atoms with Gasteiger partial charge in [0.1, 0.15) is 11.2 Å². The van der Waals surface area contributed by atoms with E-state index in [4.69, 9.17) is 19.4 Å². The molecule has 3 heterocycles. The minimum atomic E-state index is 0.655. The van der Waals surface area contributed by atoms with Gasteiger partial charge in [0, 0.05) is 33.0 Å². The fourth-order valence-electron chi connectivity index (χ4n) is 8.05. The van der Waals surface area contributed by atoms with Gasteiger partial charge in [-0.15, -0.1) is 0 Å². The Balaban J connectivity index is 1.19. The van der Waals surface area contributed by atoms with E-state index in [2.05, 4.69) is 152 Å². The van der Waals surface area contributed by atoms with Crippen LogP contribution in [0.2, 0.25) is 0 Å². The molecule has 0 atom stereocenters. The lowest BCUT2D eigenvalue weighted by Gasteiger charge is -2.15. The summed E-state index contributed by atoms with van der Waals surface area (Å²) >= 11 is 0. The zero-order chi connectivity index (χ0) is 36.3. The van der Waals surface area contributed by atoms with E-state index in [1.54, 1.807) is 0 Å². The first-order chi connectivity index (χ1) is 27.3. The van der Waals surface area contributed by atoms with Crippen LogP contribution in [-0.4, -0.2) is 15.0 Å². The molecule has 11 rings (SSSR count). The summed E-state index contributed by atoms with van der Waals surface area (Å²) in [7, 11) is 0. The highest BCUT2D eigenvalue weighted by molar-refractivity contribution is 6.24. The van der Waals surface area contributed by atoms with E-state index in [9.17, 15) is 0 Å². The molecule has 0 bridgehead atoms. The molecule has 8 aromatic carbocycles. The van der Waals surface area contributed by atoms with Gasteiger partial charge in [-0.25, -0.2) is 15.0 Å². The predicted molar refractivity (Wildman–Crippen MR) is 227 cm³/mol. The van der Waals surface area contributed by atoms with E-state index in [-0.39, 0.29) is 0 Å². The summed E-state index contributed by atoms with van der Waals surface area (Å²) in [6, 6.07) is 65.4. The Bertz CT molecular complexity index is 3240. The van der Waals surface area contributed by atoms with Gasteiger partial charge in [-0.1, -0.05) is 164 Å². The molecular weight excluding hydrogens is 671 g/mol. The van der Waals surface area contributed by atoms with Crippen molar-refractivity contribution in [2.45, 2.75) is 0 Å². The Morgan fingerprint density at radius 3 is 1.76 bits per heavy atom. The third kappa shape index (κ3) is 5.19. The number of para-hydroxylation sites is 2. The molecule has 11 aromatic rings. The van der Waals surface area contributed by atoms with Crippen LogP contribution in [0.3, 0.4) is 0 Å². The fraction of sp³-hybridized carbons (Fsp3) is 0. The van der Waals surface area contributed by atoms with Gasteiger partial charge in [0.15, 0.2) is 5.82 Å². The molecule has 256 valence electrons. The van der Waals surface area contributed by atoms with Gasteiger partial charge in [-0.3, -0.25) is 0 Å². The van der Waals surface area contributed by atoms with Gasteiger partial charge in [-0.05, 0) is 56.9 Å². The SMILES string of the molecule is c1ccc(-c2ccc(-c3cc(-c4cccc5c4nc(-c4cc6ccccc6c6ccccc46)c4c6ccccc6oc54)nc(-c4ccccc4)n3)cc2)cc1. The maximum Gasteiger partial charge on any atom is 0.160 e. The molecule has 4 nitrogen and oxygen atoms in total. The number of fused-ring (bicyclic) bond motifs is 8. The molecule has 0 aliphatic heterocycles. The van der Waals surface area contributed by atoms with Crippen molar-refractivity contribution in [2.24, 2.45) is 0 Å². The van der Waals surface area contributed by atoms with E-state index in [1.807, 2.05) is 36.4 Å². The van der Waals surface area contributed by atoms with Crippen molar-refractivity contribution in [3.63, 3.8) is 0 Å². The van der Waals surface area contributed by atoms with Crippen LogP contribution in [0.4, 0.5) is 0 Å². The van der Waals surface area contributed by atoms with E-state index >= 15 is 0 Å². The highest BCUT2D eigenvalue weighted by atomic mass is 16.3. The maximum absolute atomic E-state index is 6.78. The van der Waals surface area contributed by atoms with Crippen molar-refractivity contribution in [2.75, 3.05) is 0 Å². The van der Waals surface area contributed by atoms with Crippen LogP contribution in [0, 0.1) is 0 Å². The lowest BCUT2D eigenvalue weighted by Crippen LogP contribution is -1.98. The molecule has 0 radical (unpaired) electrons. The van der Waals surface area contributed by atoms with Crippen molar-refractivity contribution in [1.82, 2.24) is 15.0 Å². The van der Waals surface area contributed by atoms with Gasteiger partial charge in [-0.2, -0.15) is 0 Å². The third-order valence-electron chi connectivity index (χ3n) is 10.7. The molecule has 55 heavy (non-hydrogen) atoms. The zero-order valence-corrected chi connectivity index (χ0v) is 29.6. The van der Waals surface area contributed by atoms with Gasteiger partial charge in [0.25, 0.3) is 0 Å². The lowest BCUT2D eigenvalue weighted by atomic mass is 9.93. The number of pyridine rings is 1. The summed E-state index contributed by atoms with van der Waals surface area (Å²) in [5, 5.41) is 7.71. The molecule has 0 unspecified atom stereocenters. The number of hydrogen-bond acceptors (Lipinski definition) is 4. The lowest BCUT2D eigenvalue weighted by molar-refractivity contribution is 0.672. The minimum absolute atomic E-state index is 0.655. The fourth-order valence-corrected chi connectivity index (χ4v) is 8.05. The molecule has 3 aromatic heterocycles. The van der Waals surface area contributed by atoms with Crippen LogP contribution < -0.4 is 0 Å². The second-order valence-corrected chi connectivity index (χ2v) is 13.9. The molecular formula is C51H31N3O. The third-order valence-corrected chi connectivity index (χ3v) is 10.7. The monoisotopic (exact) mass is 701 g/mol. The number of hydrogen-bond donors (Lipinski definition) is 0. The van der Waals surface area contributed by atoms with Gasteiger partial charge in [0.2, 0.25) is 0 Å². The summed E-state index contributed by atoms with van der Waals surface area (Å²) < 4.78 is 6.78. The maximum atomic E-state index is 6.78. The molecule has 0 spiro atoms. The number of nitrogens with zero attached hydrogens (tertiary/aromatic N) is 3. The molecule has 0 saturated carbocycles. The quantitative estimate of drug-likeness (QED) is 0.168. The van der Waals surface area contributed by atoms with Gasteiger partial charge in [0.05, 0.1) is 28.0 Å². The average molecular weight is 702 g/mol. The van der Waals surface area contributed by atoms with Crippen molar-refractivity contribution < 1.29 is 4.42 Å². The van der Waals surface area contributed by atoms with Gasteiger partial charge < -0.3 is 4.42 Å². The predicted octanol–water partition coefficient (Wildman–Crippen LogP) is 13.6. The topological polar surface area (TPSA) is 51.8 Å². The molecule has 4 heteroatoms. The summed E-state index contributed by atoms with van der Waals surface area (Å²) in [6.07, 6.45) is 0. The van der Waals surface area contributed by atoms with Crippen LogP contribution in [0.15, 0.2) is 192 Å². The number of rotatable bonds is 5. The number of benzene rings is 8. The largest absolute Gasteiger partial charge is 0.455 e. The number of furan rings is 1. The molecule has 0 saturated heterocycles. The van der Waals surface area contributed by atoms with Crippen LogP contribution in [0.1, 0.15) is 0 Å². The second-order valence-electron chi connectivity index (χ2n) is 13.9. The first-order valence-electron chi connectivity index (χ1n) is 18.5. The summed E-state index contributed by atoms with van der Waals surface area (Å²) in [4.78, 5) is 16.0. The van der Waals surface area contributed by atoms with E-state index in [0.717, 1.165) is 83.1 Å². The molecule has 0 amide bonds. The molecule has 0 aliphatic rings. The van der Waals surface area contributed by atoms with Crippen molar-refractivity contribution in [3.8, 4) is 56.3 Å². The Kier molecular flexibility index (Phi) is 7.14. The van der Waals surface area contributed by atoms with Gasteiger partial charge >= 0.3 is 0 Å². The molecule has 0 fully saturated rings. The summed E-state index contributed by atoms with van der Waals surface area (Å²) in [6.45, 7) is 0. The highest BCUT2D eigenvalue weighted by Gasteiger charge is 2.22. The average Bonchev–Trinajstić information content (AvgIpc) is 3.66. The highest BCUT2D eigenvalue weighted by Crippen LogP contribution is 2.44. The van der Waals surface area contributed by atoms with E-state index in [0.29, 0.717) is 5.82 Å². The Labute approximate surface area is 317 Å². The van der Waals surface area contributed by atoms with E-state index < -0.39 is 0 Å². The molecule has 0 aliphatic carbocycles. The van der Waals surface area contributed by atoms with Crippen molar-refractivity contribution in [3.05, 3.63) is 188 Å². The van der Waals surface area contributed by atoms with Crippen LogP contribution in [0.25, 0.3) is 111 Å². The molecule has 0 N–H and O–H groups in total. The van der Waals surface area contributed by atoms with E-state index in [1.165, 1.54) is 21.7 Å². The zero-order valence-electron chi connectivity index (χ0n) is 29.6. The number of aromatic nitrogens is 3. The smallest absolute Gasteiger partial charge is 0.160 e. The standard InChI is InChI=1S/C51H31N3O/c1-3-14-32(15-4-1)33-26-28-34(29-27-33)44-31-45(53-51(52-44)35-16-5-2-6-17-35)40-23-13-24-42-48(40)54-49(47-41-22-11-12-25-46(41)55-50(42)47)43-30-36-18-7-8-19-37(36)38-20-9-10-21-39(38)43/h1-31H. The first kappa shape index (κ1) is 31.1. The van der Waals surface area contributed by atoms with Crippen molar-refractivity contribution >= 4 is 54.4 Å². The summed E-state index contributed by atoms with van der Waals surface area (Å²) in [5.74, 6) is 0.655. The second kappa shape index (κ2) is 12.6. The van der Waals surface area contributed by atoms with Crippen LogP contribution in [0.5, 0.6) is 0 Å². The Hall–Kier alpha value is -7.43. The minimum Gasteiger partial charge on any atom is -0.455 e. The van der Waals surface area contributed by atoms with Crippen molar-refractivity contribution in [1.29, 1.82) is 0 Å².